The molecule has 2 aromatic rings. The quantitative estimate of drug-likeness (QED) is 0.444. The van der Waals surface area contributed by atoms with E-state index in [0.29, 0.717) is 12.2 Å². The number of aryl methyl sites for hydroxylation is 1. The third-order valence-corrected chi connectivity index (χ3v) is 4.20. The molecule has 128 valence electrons. The Balaban J connectivity index is 2.30. The van der Waals surface area contributed by atoms with Gasteiger partial charge in [0.1, 0.15) is 5.76 Å². The maximum Gasteiger partial charge on any atom is 0.314 e. The average molecular weight is 328 g/mol. The van der Waals surface area contributed by atoms with Crippen LogP contribution in [0.5, 0.6) is 0 Å². The van der Waals surface area contributed by atoms with Crippen molar-refractivity contribution < 1.29 is 14.3 Å². The van der Waals surface area contributed by atoms with E-state index < -0.39 is 5.92 Å². The van der Waals surface area contributed by atoms with E-state index in [2.05, 4.69) is 17.6 Å². The zero-order chi connectivity index (χ0) is 17.5. The molecule has 0 aliphatic carbocycles. The normalized spacial score (nSPS) is 13.3. The minimum Gasteiger partial charge on any atom is -0.497 e. The van der Waals surface area contributed by atoms with Gasteiger partial charge in [0.2, 0.25) is 0 Å². The van der Waals surface area contributed by atoms with Gasteiger partial charge in [0.05, 0.1) is 20.1 Å². The fraction of sp³-hybridized carbons (Fsp3) is 0.316. The molecule has 0 aliphatic rings. The largest absolute Gasteiger partial charge is 0.497 e. The highest BCUT2D eigenvalue weighted by atomic mass is 16.5. The fourth-order valence-corrected chi connectivity index (χ4v) is 2.95. The van der Waals surface area contributed by atoms with Gasteiger partial charge in [-0.05, 0) is 36.1 Å². The number of nitrogens with two attached hydrogens (primary N) is 1. The number of benzene rings is 1. The molecule has 5 heteroatoms. The lowest BCUT2D eigenvalue weighted by molar-refractivity contribution is -0.143. The van der Waals surface area contributed by atoms with Gasteiger partial charge in [-0.2, -0.15) is 0 Å². The number of carbonyl (C=O) groups is 1. The van der Waals surface area contributed by atoms with Crippen LogP contribution >= 0.6 is 0 Å². The number of aromatic amines is 1. The third kappa shape index (κ3) is 3.68. The van der Waals surface area contributed by atoms with Crippen LogP contribution in [0.1, 0.15) is 12.0 Å². The molecule has 0 saturated heterocycles. The number of para-hydroxylation sites is 1. The summed E-state index contributed by atoms with van der Waals surface area (Å²) in [5.41, 5.74) is 8.90. The van der Waals surface area contributed by atoms with Crippen molar-refractivity contribution in [2.24, 2.45) is 11.7 Å². The summed E-state index contributed by atoms with van der Waals surface area (Å²) in [6, 6.07) is 8.13. The molecule has 3 N–H and O–H groups in total. The molecule has 1 heterocycles. The van der Waals surface area contributed by atoms with E-state index in [-0.39, 0.29) is 12.5 Å². The molecule has 0 radical (unpaired) electrons. The van der Waals surface area contributed by atoms with Crippen molar-refractivity contribution in [3.8, 4) is 0 Å². The predicted molar refractivity (Wildman–Crippen MR) is 95.4 cm³/mol. The van der Waals surface area contributed by atoms with Crippen LogP contribution in [0, 0.1) is 5.92 Å². The molecule has 0 amide bonds. The van der Waals surface area contributed by atoms with Crippen LogP contribution < -0.4 is 5.73 Å². The maximum absolute atomic E-state index is 12.1. The molecule has 2 rings (SSSR count). The second-order valence-electron chi connectivity index (χ2n) is 5.47. The van der Waals surface area contributed by atoms with Crippen molar-refractivity contribution in [3.05, 3.63) is 60.0 Å². The van der Waals surface area contributed by atoms with Crippen LogP contribution in [-0.2, 0) is 20.7 Å². The number of allylic oxidation sites excluding steroid dienone is 1. The molecule has 1 aromatic heterocycles. The second-order valence-corrected chi connectivity index (χ2v) is 5.47. The van der Waals surface area contributed by atoms with Gasteiger partial charge in [0.15, 0.2) is 0 Å². The average Bonchev–Trinajstić information content (AvgIpc) is 3.03. The van der Waals surface area contributed by atoms with Crippen molar-refractivity contribution in [2.45, 2.75) is 12.8 Å². The molecule has 0 fully saturated rings. The van der Waals surface area contributed by atoms with Crippen molar-refractivity contribution in [2.75, 3.05) is 20.8 Å². The summed E-state index contributed by atoms with van der Waals surface area (Å²) in [5.74, 6) is -0.313. The molecular weight excluding hydrogens is 304 g/mol. The standard InChI is InChI=1S/C19H24N2O3/c1-4-18(23-2)15(16(11-20)19(22)24-3)10-9-13-12-21-17-8-6-5-7-14(13)17/h4-8,12,16,21H,1,9-11,20H2,2-3H3. The summed E-state index contributed by atoms with van der Waals surface area (Å²) in [6.45, 7) is 3.93. The van der Waals surface area contributed by atoms with E-state index in [4.69, 9.17) is 15.2 Å². The highest BCUT2D eigenvalue weighted by Gasteiger charge is 2.25. The zero-order valence-corrected chi connectivity index (χ0v) is 14.2. The van der Waals surface area contributed by atoms with E-state index in [1.807, 2.05) is 24.4 Å². The number of aromatic nitrogens is 1. The van der Waals surface area contributed by atoms with E-state index in [9.17, 15) is 4.79 Å². The SMILES string of the molecule is C=CC(OC)=C(CCc1c[nH]c2ccccc12)C(CN)C(=O)OC. The minimum atomic E-state index is -0.534. The van der Waals surface area contributed by atoms with Crippen molar-refractivity contribution in [3.63, 3.8) is 0 Å². The monoisotopic (exact) mass is 328 g/mol. The fourth-order valence-electron chi connectivity index (χ4n) is 2.95. The summed E-state index contributed by atoms with van der Waals surface area (Å²) in [5, 5.41) is 1.18. The minimum absolute atomic E-state index is 0.163. The summed E-state index contributed by atoms with van der Waals surface area (Å²) >= 11 is 0. The lowest BCUT2D eigenvalue weighted by atomic mass is 9.91. The highest BCUT2D eigenvalue weighted by molar-refractivity contribution is 5.83. The van der Waals surface area contributed by atoms with Gasteiger partial charge < -0.3 is 20.2 Å². The van der Waals surface area contributed by atoms with Gasteiger partial charge in [-0.15, -0.1) is 0 Å². The number of hydrogen-bond donors (Lipinski definition) is 2. The van der Waals surface area contributed by atoms with Crippen molar-refractivity contribution >= 4 is 16.9 Å². The molecule has 0 saturated carbocycles. The number of esters is 1. The molecule has 1 unspecified atom stereocenters. The summed E-state index contributed by atoms with van der Waals surface area (Å²) < 4.78 is 10.3. The maximum atomic E-state index is 12.1. The Morgan fingerprint density at radius 3 is 2.71 bits per heavy atom. The molecule has 0 spiro atoms. The van der Waals surface area contributed by atoms with Crippen LogP contribution in [0.4, 0.5) is 0 Å². The number of H-pyrrole nitrogens is 1. The van der Waals surface area contributed by atoms with Crippen LogP contribution in [0.2, 0.25) is 0 Å². The number of rotatable bonds is 8. The van der Waals surface area contributed by atoms with Crippen LogP contribution in [0.15, 0.2) is 54.4 Å². The van der Waals surface area contributed by atoms with E-state index >= 15 is 0 Å². The van der Waals surface area contributed by atoms with E-state index in [1.54, 1.807) is 13.2 Å². The smallest absolute Gasteiger partial charge is 0.314 e. The molecule has 5 nitrogen and oxygen atoms in total. The number of carbonyl (C=O) groups excluding carboxylic acids is 1. The summed E-state index contributed by atoms with van der Waals surface area (Å²) in [7, 11) is 2.93. The first kappa shape index (κ1) is 17.8. The van der Waals surface area contributed by atoms with Crippen LogP contribution in [0.25, 0.3) is 10.9 Å². The van der Waals surface area contributed by atoms with Gasteiger partial charge in [-0.25, -0.2) is 0 Å². The molecule has 1 aromatic carbocycles. The van der Waals surface area contributed by atoms with Crippen LogP contribution in [-0.4, -0.2) is 31.7 Å². The number of ether oxygens (including phenoxy) is 2. The first-order valence-electron chi connectivity index (χ1n) is 7.88. The van der Waals surface area contributed by atoms with Crippen LogP contribution in [0.3, 0.4) is 0 Å². The number of fused-ring (bicyclic) bond motifs is 1. The van der Waals surface area contributed by atoms with E-state index in [0.717, 1.165) is 17.5 Å². The topological polar surface area (TPSA) is 77.3 Å². The molecule has 0 bridgehead atoms. The Morgan fingerprint density at radius 2 is 2.08 bits per heavy atom. The summed E-state index contributed by atoms with van der Waals surface area (Å²) in [4.78, 5) is 15.3. The molecule has 0 aliphatic heterocycles. The van der Waals surface area contributed by atoms with Gasteiger partial charge >= 0.3 is 5.97 Å². The Bertz CT molecular complexity index is 746. The lowest BCUT2D eigenvalue weighted by Crippen LogP contribution is -2.28. The lowest BCUT2D eigenvalue weighted by Gasteiger charge is -2.19. The molecular formula is C19H24N2O3. The highest BCUT2D eigenvalue weighted by Crippen LogP contribution is 2.26. The van der Waals surface area contributed by atoms with Crippen molar-refractivity contribution in [1.29, 1.82) is 0 Å². The second kappa shape index (κ2) is 8.36. The molecule has 1 atom stereocenters. The number of hydrogen-bond acceptors (Lipinski definition) is 4. The van der Waals surface area contributed by atoms with E-state index in [1.165, 1.54) is 18.1 Å². The predicted octanol–water partition coefficient (Wildman–Crippen LogP) is 2.93. The Kier molecular flexibility index (Phi) is 6.21. The zero-order valence-electron chi connectivity index (χ0n) is 14.2. The number of methoxy groups -OCH3 is 2. The van der Waals surface area contributed by atoms with Gasteiger partial charge in [-0.1, -0.05) is 24.8 Å². The first-order chi connectivity index (χ1) is 11.7. The third-order valence-electron chi connectivity index (χ3n) is 4.20. The van der Waals surface area contributed by atoms with Gasteiger partial charge in [0, 0.05) is 23.6 Å². The Hall–Kier alpha value is -2.53. The first-order valence-corrected chi connectivity index (χ1v) is 7.88. The Morgan fingerprint density at radius 1 is 1.33 bits per heavy atom. The Labute approximate surface area is 142 Å². The van der Waals surface area contributed by atoms with Crippen molar-refractivity contribution in [1.82, 2.24) is 4.98 Å². The number of nitrogens with one attached hydrogen (secondary N) is 1. The van der Waals surface area contributed by atoms with Gasteiger partial charge in [-0.3, -0.25) is 4.79 Å². The molecule has 24 heavy (non-hydrogen) atoms. The summed E-state index contributed by atoms with van der Waals surface area (Å²) in [6.07, 6.45) is 5.00. The van der Waals surface area contributed by atoms with Gasteiger partial charge in [0.25, 0.3) is 0 Å².